The first-order valence-corrected chi connectivity index (χ1v) is 10.4. The van der Waals surface area contributed by atoms with Crippen LogP contribution in [0.5, 0.6) is 0 Å². The summed E-state index contributed by atoms with van der Waals surface area (Å²) in [6.07, 6.45) is 1.23. The molecule has 0 aromatic heterocycles. The maximum absolute atomic E-state index is 12.3. The topological polar surface area (TPSA) is 69.7 Å². The van der Waals surface area contributed by atoms with E-state index in [4.69, 9.17) is 11.6 Å². The third-order valence-electron chi connectivity index (χ3n) is 4.28. The van der Waals surface area contributed by atoms with Crippen molar-refractivity contribution in [3.63, 3.8) is 0 Å². The van der Waals surface area contributed by atoms with E-state index in [-0.39, 0.29) is 5.91 Å². The number of halogens is 1. The molecular formula is C18H20ClN3O3S. The third-order valence-corrected chi connectivity index (χ3v) is 5.84. The van der Waals surface area contributed by atoms with Gasteiger partial charge in [-0.15, -0.1) is 0 Å². The first-order chi connectivity index (χ1) is 12.3. The van der Waals surface area contributed by atoms with Crippen LogP contribution in [0.25, 0.3) is 0 Å². The summed E-state index contributed by atoms with van der Waals surface area (Å²) in [6.45, 7) is 2.14. The predicted octanol–water partition coefficient (Wildman–Crippen LogP) is 2.67. The summed E-state index contributed by atoms with van der Waals surface area (Å²) in [6, 6.07) is 14.2. The number of carbonyl (C=O) groups is 1. The highest BCUT2D eigenvalue weighted by Crippen LogP contribution is 2.22. The van der Waals surface area contributed by atoms with E-state index in [1.54, 1.807) is 24.3 Å². The summed E-state index contributed by atoms with van der Waals surface area (Å²) in [4.78, 5) is 14.4. The highest BCUT2D eigenvalue weighted by Gasteiger charge is 2.23. The number of nitrogens with one attached hydrogen (secondary N) is 1. The second-order valence-electron chi connectivity index (χ2n) is 6.16. The van der Waals surface area contributed by atoms with Crippen LogP contribution in [-0.4, -0.2) is 51.1 Å². The molecule has 1 fully saturated rings. The molecule has 0 spiro atoms. The van der Waals surface area contributed by atoms with Gasteiger partial charge in [-0.05, 0) is 42.5 Å². The van der Waals surface area contributed by atoms with Crippen LogP contribution in [0.3, 0.4) is 0 Å². The molecule has 1 heterocycles. The summed E-state index contributed by atoms with van der Waals surface area (Å²) < 4.78 is 24.7. The fourth-order valence-corrected chi connectivity index (χ4v) is 3.82. The van der Waals surface area contributed by atoms with Crippen LogP contribution in [0.2, 0.25) is 5.02 Å². The molecule has 1 amide bonds. The highest BCUT2D eigenvalue weighted by molar-refractivity contribution is 7.88. The van der Waals surface area contributed by atoms with Crippen LogP contribution in [0.1, 0.15) is 10.4 Å². The van der Waals surface area contributed by atoms with Crippen molar-refractivity contribution in [3.05, 3.63) is 59.1 Å². The zero-order valence-corrected chi connectivity index (χ0v) is 15.9. The van der Waals surface area contributed by atoms with Crippen molar-refractivity contribution >= 4 is 38.9 Å². The van der Waals surface area contributed by atoms with Gasteiger partial charge in [-0.25, -0.2) is 8.42 Å². The van der Waals surface area contributed by atoms with Gasteiger partial charge in [0, 0.05) is 48.1 Å². The minimum absolute atomic E-state index is 0.208. The molecule has 26 heavy (non-hydrogen) atoms. The molecule has 1 aliphatic heterocycles. The lowest BCUT2D eigenvalue weighted by atomic mass is 10.2. The number of sulfonamides is 1. The summed E-state index contributed by atoms with van der Waals surface area (Å²) >= 11 is 5.84. The zero-order valence-electron chi connectivity index (χ0n) is 14.4. The summed E-state index contributed by atoms with van der Waals surface area (Å²) in [5.74, 6) is -0.208. The lowest BCUT2D eigenvalue weighted by Gasteiger charge is -2.34. The van der Waals surface area contributed by atoms with Gasteiger partial charge in [0.2, 0.25) is 10.0 Å². The van der Waals surface area contributed by atoms with Gasteiger partial charge in [0.05, 0.1) is 6.26 Å². The van der Waals surface area contributed by atoms with Crippen molar-refractivity contribution < 1.29 is 13.2 Å². The van der Waals surface area contributed by atoms with Crippen molar-refractivity contribution in [2.45, 2.75) is 0 Å². The van der Waals surface area contributed by atoms with Gasteiger partial charge >= 0.3 is 0 Å². The second-order valence-corrected chi connectivity index (χ2v) is 8.58. The summed E-state index contributed by atoms with van der Waals surface area (Å²) in [7, 11) is -3.15. The molecule has 0 unspecified atom stereocenters. The first-order valence-electron chi connectivity index (χ1n) is 8.20. The molecule has 0 radical (unpaired) electrons. The Balaban J connectivity index is 1.67. The zero-order chi connectivity index (χ0) is 18.7. The molecule has 6 nitrogen and oxygen atoms in total. The van der Waals surface area contributed by atoms with E-state index in [0.29, 0.717) is 42.5 Å². The first kappa shape index (κ1) is 18.7. The Hall–Kier alpha value is -2.09. The van der Waals surface area contributed by atoms with Gasteiger partial charge in [0.15, 0.2) is 0 Å². The third kappa shape index (κ3) is 4.55. The number of hydrogen-bond donors (Lipinski definition) is 1. The SMILES string of the molecule is CS(=O)(=O)N1CCN(c2cccc(NC(=O)c3ccc(Cl)cc3)c2)CC1. The van der Waals surface area contributed by atoms with Gasteiger partial charge in [-0.2, -0.15) is 4.31 Å². The molecule has 1 N–H and O–H groups in total. The molecule has 1 aliphatic rings. The molecule has 138 valence electrons. The van der Waals surface area contributed by atoms with E-state index in [9.17, 15) is 13.2 Å². The quantitative estimate of drug-likeness (QED) is 0.867. The fourth-order valence-electron chi connectivity index (χ4n) is 2.86. The highest BCUT2D eigenvalue weighted by atomic mass is 35.5. The number of nitrogens with zero attached hydrogens (tertiary/aromatic N) is 2. The summed E-state index contributed by atoms with van der Waals surface area (Å²) in [5.41, 5.74) is 2.17. The number of anilines is 2. The minimum atomic E-state index is -3.15. The van der Waals surface area contributed by atoms with Crippen LogP contribution in [-0.2, 0) is 10.0 Å². The Morgan fingerprint density at radius 3 is 2.31 bits per heavy atom. The lowest BCUT2D eigenvalue weighted by molar-refractivity contribution is 0.102. The van der Waals surface area contributed by atoms with E-state index in [1.165, 1.54) is 10.6 Å². The van der Waals surface area contributed by atoms with Gasteiger partial charge in [0.1, 0.15) is 0 Å². The van der Waals surface area contributed by atoms with Gasteiger partial charge < -0.3 is 10.2 Å². The molecule has 2 aromatic rings. The smallest absolute Gasteiger partial charge is 0.255 e. The van der Waals surface area contributed by atoms with E-state index < -0.39 is 10.0 Å². The van der Waals surface area contributed by atoms with E-state index in [1.807, 2.05) is 24.3 Å². The number of rotatable bonds is 4. The Morgan fingerprint density at radius 1 is 1.04 bits per heavy atom. The fraction of sp³-hybridized carbons (Fsp3) is 0.278. The van der Waals surface area contributed by atoms with Gasteiger partial charge in [-0.1, -0.05) is 17.7 Å². The monoisotopic (exact) mass is 393 g/mol. The Morgan fingerprint density at radius 2 is 1.69 bits per heavy atom. The van der Waals surface area contributed by atoms with E-state index in [0.717, 1.165) is 5.69 Å². The molecule has 1 saturated heterocycles. The number of piperazine rings is 1. The average Bonchev–Trinajstić information content (AvgIpc) is 2.62. The normalized spacial score (nSPS) is 15.7. The molecule has 0 aliphatic carbocycles. The Kier molecular flexibility index (Phi) is 5.50. The van der Waals surface area contributed by atoms with Crippen molar-refractivity contribution in [3.8, 4) is 0 Å². The van der Waals surface area contributed by atoms with E-state index >= 15 is 0 Å². The molecule has 0 atom stereocenters. The maximum atomic E-state index is 12.3. The predicted molar refractivity (Wildman–Crippen MR) is 104 cm³/mol. The van der Waals surface area contributed by atoms with Gasteiger partial charge in [-0.3, -0.25) is 4.79 Å². The molecule has 0 saturated carbocycles. The van der Waals surface area contributed by atoms with Crippen molar-refractivity contribution in [2.75, 3.05) is 42.7 Å². The Bertz CT molecular complexity index is 892. The molecular weight excluding hydrogens is 374 g/mol. The molecule has 3 rings (SSSR count). The van der Waals surface area contributed by atoms with Crippen LogP contribution in [0, 0.1) is 0 Å². The molecule has 0 bridgehead atoms. The minimum Gasteiger partial charge on any atom is -0.369 e. The van der Waals surface area contributed by atoms with E-state index in [2.05, 4.69) is 10.2 Å². The number of amides is 1. The maximum Gasteiger partial charge on any atom is 0.255 e. The number of hydrogen-bond acceptors (Lipinski definition) is 4. The van der Waals surface area contributed by atoms with Crippen LogP contribution >= 0.6 is 11.6 Å². The largest absolute Gasteiger partial charge is 0.369 e. The van der Waals surface area contributed by atoms with Crippen LogP contribution < -0.4 is 10.2 Å². The number of carbonyl (C=O) groups excluding carboxylic acids is 1. The van der Waals surface area contributed by atoms with Crippen LogP contribution in [0.15, 0.2) is 48.5 Å². The van der Waals surface area contributed by atoms with Crippen molar-refractivity contribution in [1.29, 1.82) is 0 Å². The Labute approximate surface area is 158 Å². The average molecular weight is 394 g/mol. The number of benzene rings is 2. The molecule has 8 heteroatoms. The van der Waals surface area contributed by atoms with Crippen molar-refractivity contribution in [2.24, 2.45) is 0 Å². The molecule has 2 aromatic carbocycles. The van der Waals surface area contributed by atoms with Crippen LogP contribution in [0.4, 0.5) is 11.4 Å². The van der Waals surface area contributed by atoms with Gasteiger partial charge in [0.25, 0.3) is 5.91 Å². The summed E-state index contributed by atoms with van der Waals surface area (Å²) in [5, 5.41) is 3.46. The standard InChI is InChI=1S/C18H20ClN3O3S/c1-26(24,25)22-11-9-21(10-12-22)17-4-2-3-16(13-17)20-18(23)14-5-7-15(19)8-6-14/h2-8,13H,9-12H2,1H3,(H,20,23). The second kappa shape index (κ2) is 7.65. The van der Waals surface area contributed by atoms with Crippen molar-refractivity contribution in [1.82, 2.24) is 4.31 Å². The lowest BCUT2D eigenvalue weighted by Crippen LogP contribution is -2.48.